The van der Waals surface area contributed by atoms with Crippen LogP contribution in [-0.2, 0) is 9.84 Å². The second-order valence-corrected chi connectivity index (χ2v) is 8.44. The maximum absolute atomic E-state index is 11.8. The normalized spacial score (nSPS) is 25.4. The van der Waals surface area contributed by atoms with Gasteiger partial charge in [-0.15, -0.1) is 0 Å². The van der Waals surface area contributed by atoms with Crippen LogP contribution in [0.1, 0.15) is 31.9 Å². The van der Waals surface area contributed by atoms with Crippen LogP contribution in [0.4, 0.5) is 0 Å². The lowest BCUT2D eigenvalue weighted by atomic mass is 9.95. The molecule has 0 spiro atoms. The molecule has 0 aliphatic carbocycles. The summed E-state index contributed by atoms with van der Waals surface area (Å²) in [6, 6.07) is 7.61. The Morgan fingerprint density at radius 1 is 1.48 bits per heavy atom. The van der Waals surface area contributed by atoms with Gasteiger partial charge in [0.25, 0.3) is 0 Å². The van der Waals surface area contributed by atoms with E-state index in [0.29, 0.717) is 11.6 Å². The van der Waals surface area contributed by atoms with Crippen molar-refractivity contribution in [3.63, 3.8) is 0 Å². The molecule has 0 radical (unpaired) electrons. The summed E-state index contributed by atoms with van der Waals surface area (Å²) in [6.45, 7) is 4.53. The molecule has 1 aromatic rings. The lowest BCUT2D eigenvalue weighted by molar-refractivity contribution is 0.134. The SMILES string of the molecule is CCC(N)C(c1cccc(Cl)c1)N1CCS(=O)(=O)CC1C. The average Bonchev–Trinajstić information content (AvgIpc) is 2.40. The van der Waals surface area contributed by atoms with E-state index in [-0.39, 0.29) is 29.6 Å². The Hall–Kier alpha value is -0.620. The highest BCUT2D eigenvalue weighted by Gasteiger charge is 2.35. The Morgan fingerprint density at radius 3 is 2.76 bits per heavy atom. The molecule has 1 aliphatic heterocycles. The first-order valence-corrected chi connectivity index (χ1v) is 9.51. The van der Waals surface area contributed by atoms with Gasteiger partial charge >= 0.3 is 0 Å². The van der Waals surface area contributed by atoms with Crippen molar-refractivity contribution in [3.05, 3.63) is 34.9 Å². The minimum atomic E-state index is -2.93. The van der Waals surface area contributed by atoms with Crippen LogP contribution in [-0.4, -0.2) is 43.5 Å². The summed E-state index contributed by atoms with van der Waals surface area (Å²) in [5.41, 5.74) is 7.38. The Morgan fingerprint density at radius 2 is 2.19 bits per heavy atom. The zero-order chi connectivity index (χ0) is 15.6. The molecule has 0 bridgehead atoms. The number of hydrogen-bond donors (Lipinski definition) is 1. The maximum atomic E-state index is 11.8. The van der Waals surface area contributed by atoms with Gasteiger partial charge in [0.2, 0.25) is 0 Å². The van der Waals surface area contributed by atoms with Crippen molar-refractivity contribution < 1.29 is 8.42 Å². The number of halogens is 1. The second kappa shape index (κ2) is 6.65. The molecule has 1 fully saturated rings. The highest BCUT2D eigenvalue weighted by molar-refractivity contribution is 7.91. The molecule has 4 nitrogen and oxygen atoms in total. The van der Waals surface area contributed by atoms with Crippen molar-refractivity contribution in [2.75, 3.05) is 18.1 Å². The van der Waals surface area contributed by atoms with Crippen LogP contribution in [0.2, 0.25) is 5.02 Å². The summed E-state index contributed by atoms with van der Waals surface area (Å²) >= 11 is 6.10. The van der Waals surface area contributed by atoms with E-state index in [1.165, 1.54) is 0 Å². The number of rotatable bonds is 4. The number of nitrogens with zero attached hydrogens (tertiary/aromatic N) is 1. The number of hydrogen-bond acceptors (Lipinski definition) is 4. The summed E-state index contributed by atoms with van der Waals surface area (Å²) in [5.74, 6) is 0.394. The highest BCUT2D eigenvalue weighted by atomic mass is 35.5. The lowest BCUT2D eigenvalue weighted by Crippen LogP contribution is -2.52. The number of benzene rings is 1. The molecule has 1 saturated heterocycles. The third kappa shape index (κ3) is 3.97. The van der Waals surface area contributed by atoms with Crippen molar-refractivity contribution in [1.29, 1.82) is 0 Å². The van der Waals surface area contributed by atoms with Crippen LogP contribution < -0.4 is 5.73 Å². The molecule has 1 aliphatic rings. The van der Waals surface area contributed by atoms with Crippen molar-refractivity contribution in [1.82, 2.24) is 4.90 Å². The molecule has 21 heavy (non-hydrogen) atoms. The van der Waals surface area contributed by atoms with Gasteiger partial charge in [0.05, 0.1) is 17.5 Å². The van der Waals surface area contributed by atoms with Crippen LogP contribution in [0.5, 0.6) is 0 Å². The van der Waals surface area contributed by atoms with Gasteiger partial charge < -0.3 is 5.73 Å². The van der Waals surface area contributed by atoms with E-state index >= 15 is 0 Å². The van der Waals surface area contributed by atoms with Gasteiger partial charge in [0, 0.05) is 23.7 Å². The fourth-order valence-corrected chi connectivity index (χ4v) is 4.80. The molecule has 0 saturated carbocycles. The van der Waals surface area contributed by atoms with E-state index in [2.05, 4.69) is 4.90 Å². The molecule has 2 rings (SSSR count). The Kier molecular flexibility index (Phi) is 5.30. The summed E-state index contributed by atoms with van der Waals surface area (Å²) in [7, 11) is -2.93. The Labute approximate surface area is 132 Å². The molecular weight excluding hydrogens is 308 g/mol. The molecule has 1 aromatic carbocycles. The van der Waals surface area contributed by atoms with Crippen molar-refractivity contribution in [3.8, 4) is 0 Å². The molecular formula is C15H23ClN2O2S. The first-order valence-electron chi connectivity index (χ1n) is 7.31. The topological polar surface area (TPSA) is 63.4 Å². The van der Waals surface area contributed by atoms with Crippen LogP contribution in [0.3, 0.4) is 0 Å². The van der Waals surface area contributed by atoms with Crippen molar-refractivity contribution in [2.45, 2.75) is 38.4 Å². The van der Waals surface area contributed by atoms with E-state index in [1.54, 1.807) is 0 Å². The van der Waals surface area contributed by atoms with Crippen LogP contribution in [0, 0.1) is 0 Å². The lowest BCUT2D eigenvalue weighted by Gasteiger charge is -2.42. The van der Waals surface area contributed by atoms with Gasteiger partial charge in [-0.3, -0.25) is 4.90 Å². The average molecular weight is 331 g/mol. The fourth-order valence-electron chi connectivity index (χ4n) is 3.02. The fraction of sp³-hybridized carbons (Fsp3) is 0.600. The van der Waals surface area contributed by atoms with Gasteiger partial charge in [-0.05, 0) is 31.0 Å². The smallest absolute Gasteiger partial charge is 0.153 e. The summed E-state index contributed by atoms with van der Waals surface area (Å²) in [5, 5.41) is 0.679. The maximum Gasteiger partial charge on any atom is 0.153 e. The number of nitrogens with two attached hydrogens (primary N) is 1. The van der Waals surface area contributed by atoms with Crippen LogP contribution in [0.15, 0.2) is 24.3 Å². The molecule has 0 amide bonds. The molecule has 6 heteroatoms. The predicted molar refractivity (Wildman–Crippen MR) is 87.3 cm³/mol. The molecule has 0 aromatic heterocycles. The van der Waals surface area contributed by atoms with Gasteiger partial charge in [0.1, 0.15) is 0 Å². The molecule has 2 N–H and O–H groups in total. The molecule has 118 valence electrons. The third-order valence-corrected chi connectivity index (χ3v) is 6.18. The predicted octanol–water partition coefficient (Wildman–Crippen LogP) is 2.24. The Bertz CT molecular complexity index is 591. The first kappa shape index (κ1) is 16.7. The van der Waals surface area contributed by atoms with Crippen molar-refractivity contribution in [2.24, 2.45) is 5.73 Å². The second-order valence-electron chi connectivity index (χ2n) is 5.77. The zero-order valence-corrected chi connectivity index (χ0v) is 14.1. The number of sulfone groups is 1. The quantitative estimate of drug-likeness (QED) is 0.919. The van der Waals surface area contributed by atoms with Crippen LogP contribution >= 0.6 is 11.6 Å². The first-order chi connectivity index (χ1) is 9.84. The van der Waals surface area contributed by atoms with E-state index < -0.39 is 9.84 Å². The third-order valence-electron chi connectivity index (χ3n) is 4.15. The molecule has 3 atom stereocenters. The minimum absolute atomic E-state index is 0.000741. The van der Waals surface area contributed by atoms with Gasteiger partial charge in [0.15, 0.2) is 9.84 Å². The van der Waals surface area contributed by atoms with E-state index in [9.17, 15) is 8.42 Å². The highest BCUT2D eigenvalue weighted by Crippen LogP contribution is 2.30. The van der Waals surface area contributed by atoms with E-state index in [4.69, 9.17) is 17.3 Å². The molecule has 1 heterocycles. The molecule has 3 unspecified atom stereocenters. The zero-order valence-electron chi connectivity index (χ0n) is 12.5. The largest absolute Gasteiger partial charge is 0.326 e. The van der Waals surface area contributed by atoms with E-state index in [0.717, 1.165) is 12.0 Å². The standard InChI is InChI=1S/C15H23ClN2O2S/c1-3-14(17)15(12-5-4-6-13(16)9-12)18-7-8-21(19,20)10-11(18)2/h4-6,9,11,14-15H,3,7-8,10,17H2,1-2H3. The summed E-state index contributed by atoms with van der Waals surface area (Å²) < 4.78 is 23.6. The van der Waals surface area contributed by atoms with Gasteiger partial charge in [-0.25, -0.2) is 8.42 Å². The van der Waals surface area contributed by atoms with Gasteiger partial charge in [-0.2, -0.15) is 0 Å². The Balaban J connectivity index is 2.33. The van der Waals surface area contributed by atoms with Crippen molar-refractivity contribution >= 4 is 21.4 Å². The summed E-state index contributed by atoms with van der Waals surface area (Å²) in [6.07, 6.45) is 0.827. The van der Waals surface area contributed by atoms with Crippen LogP contribution in [0.25, 0.3) is 0 Å². The summed E-state index contributed by atoms with van der Waals surface area (Å²) in [4.78, 5) is 2.21. The minimum Gasteiger partial charge on any atom is -0.326 e. The van der Waals surface area contributed by atoms with E-state index in [1.807, 2.05) is 38.1 Å². The van der Waals surface area contributed by atoms with Gasteiger partial charge in [-0.1, -0.05) is 30.7 Å². The monoisotopic (exact) mass is 330 g/mol.